The number of nitrogen functional groups attached to an aromatic ring is 1. The summed E-state index contributed by atoms with van der Waals surface area (Å²) in [4.78, 5) is 13.2. The minimum absolute atomic E-state index is 0.0892. The van der Waals surface area contributed by atoms with Crippen LogP contribution in [0.4, 0.5) is 5.69 Å². The number of amides is 1. The third-order valence-electron chi connectivity index (χ3n) is 3.04. The first kappa shape index (κ1) is 11.3. The quantitative estimate of drug-likeness (QED) is 0.705. The third-order valence-corrected chi connectivity index (χ3v) is 3.48. The van der Waals surface area contributed by atoms with Crippen LogP contribution in [0.2, 0.25) is 5.02 Å². The van der Waals surface area contributed by atoms with Gasteiger partial charge in [0.05, 0.1) is 10.7 Å². The molecule has 0 saturated carbocycles. The molecule has 0 bridgehead atoms. The molecule has 0 atom stereocenters. The Bertz CT molecular complexity index is 431. The molecule has 1 heterocycles. The Morgan fingerprint density at radius 1 is 1.50 bits per heavy atom. The van der Waals surface area contributed by atoms with Crippen LogP contribution in [0.25, 0.3) is 0 Å². The molecular weight excluding hydrogens is 224 g/mol. The summed E-state index contributed by atoms with van der Waals surface area (Å²) in [6.07, 6.45) is 1.94. The van der Waals surface area contributed by atoms with Crippen LogP contribution in [0.15, 0.2) is 12.1 Å². The lowest BCUT2D eigenvalue weighted by atomic mass is 10.0. The highest BCUT2D eigenvalue weighted by molar-refractivity contribution is 6.34. The van der Waals surface area contributed by atoms with Crippen LogP contribution < -0.4 is 5.73 Å². The number of halogens is 1. The minimum atomic E-state index is 0.0892. The number of benzene rings is 1. The van der Waals surface area contributed by atoms with E-state index in [1.165, 1.54) is 5.56 Å². The SMILES string of the molecule is CC(=O)N1CCCc2ccc(N)c(Cl)c2C1. The summed E-state index contributed by atoms with van der Waals surface area (Å²) in [6.45, 7) is 2.96. The number of anilines is 1. The van der Waals surface area contributed by atoms with Crippen LogP contribution in [0.1, 0.15) is 24.5 Å². The summed E-state index contributed by atoms with van der Waals surface area (Å²) in [5.74, 6) is 0.0892. The van der Waals surface area contributed by atoms with Crippen molar-refractivity contribution in [3.8, 4) is 0 Å². The molecule has 0 unspecified atom stereocenters. The number of fused-ring (bicyclic) bond motifs is 1. The maximum absolute atomic E-state index is 11.4. The highest BCUT2D eigenvalue weighted by Crippen LogP contribution is 2.30. The van der Waals surface area contributed by atoms with Crippen molar-refractivity contribution in [1.82, 2.24) is 4.90 Å². The molecule has 4 heteroatoms. The van der Waals surface area contributed by atoms with Crippen molar-refractivity contribution in [1.29, 1.82) is 0 Å². The molecule has 0 saturated heterocycles. The fraction of sp³-hybridized carbons (Fsp3) is 0.417. The highest BCUT2D eigenvalue weighted by Gasteiger charge is 2.19. The molecule has 1 aromatic carbocycles. The summed E-state index contributed by atoms with van der Waals surface area (Å²) in [5, 5.41) is 0.602. The Morgan fingerprint density at radius 3 is 2.94 bits per heavy atom. The van der Waals surface area contributed by atoms with Gasteiger partial charge in [0.15, 0.2) is 0 Å². The molecule has 2 N–H and O–H groups in total. The predicted octanol–water partition coefficient (Wildman–Crippen LogP) is 2.22. The number of carbonyl (C=O) groups is 1. The van der Waals surface area contributed by atoms with E-state index in [0.29, 0.717) is 17.3 Å². The maximum Gasteiger partial charge on any atom is 0.219 e. The van der Waals surface area contributed by atoms with E-state index in [0.717, 1.165) is 24.9 Å². The molecule has 0 radical (unpaired) electrons. The lowest BCUT2D eigenvalue weighted by molar-refractivity contribution is -0.129. The Labute approximate surface area is 100 Å². The zero-order chi connectivity index (χ0) is 11.7. The lowest BCUT2D eigenvalue weighted by Gasteiger charge is -2.19. The zero-order valence-corrected chi connectivity index (χ0v) is 10.0. The molecule has 1 amide bonds. The first-order valence-electron chi connectivity index (χ1n) is 5.41. The van der Waals surface area contributed by atoms with Gasteiger partial charge in [0.25, 0.3) is 0 Å². The van der Waals surface area contributed by atoms with E-state index < -0.39 is 0 Å². The van der Waals surface area contributed by atoms with Crippen LogP contribution in [0.3, 0.4) is 0 Å². The van der Waals surface area contributed by atoms with Gasteiger partial charge in [-0.05, 0) is 30.0 Å². The van der Waals surface area contributed by atoms with Gasteiger partial charge < -0.3 is 10.6 Å². The number of hydrogen-bond donors (Lipinski definition) is 1. The fourth-order valence-electron chi connectivity index (χ4n) is 2.08. The zero-order valence-electron chi connectivity index (χ0n) is 9.29. The van der Waals surface area contributed by atoms with Gasteiger partial charge in [-0.2, -0.15) is 0 Å². The van der Waals surface area contributed by atoms with Gasteiger partial charge in [-0.3, -0.25) is 4.79 Å². The van der Waals surface area contributed by atoms with Gasteiger partial charge in [0.2, 0.25) is 5.91 Å². The summed E-state index contributed by atoms with van der Waals surface area (Å²) < 4.78 is 0. The number of hydrogen-bond acceptors (Lipinski definition) is 2. The van der Waals surface area contributed by atoms with Crippen molar-refractivity contribution in [3.05, 3.63) is 28.3 Å². The molecule has 0 aliphatic carbocycles. The number of nitrogens with zero attached hydrogens (tertiary/aromatic N) is 1. The smallest absolute Gasteiger partial charge is 0.219 e. The topological polar surface area (TPSA) is 46.3 Å². The summed E-state index contributed by atoms with van der Waals surface area (Å²) in [6, 6.07) is 3.85. The maximum atomic E-state index is 11.4. The van der Waals surface area contributed by atoms with Crippen LogP contribution in [-0.4, -0.2) is 17.4 Å². The highest BCUT2D eigenvalue weighted by atomic mass is 35.5. The molecule has 0 spiro atoms. The van der Waals surface area contributed by atoms with Crippen molar-refractivity contribution in [3.63, 3.8) is 0 Å². The van der Waals surface area contributed by atoms with E-state index in [-0.39, 0.29) is 5.91 Å². The van der Waals surface area contributed by atoms with Crippen molar-refractivity contribution in [2.75, 3.05) is 12.3 Å². The van der Waals surface area contributed by atoms with E-state index in [1.807, 2.05) is 17.0 Å². The molecule has 1 aromatic rings. The van der Waals surface area contributed by atoms with E-state index in [4.69, 9.17) is 17.3 Å². The summed E-state index contributed by atoms with van der Waals surface area (Å²) in [5.41, 5.74) is 8.59. The van der Waals surface area contributed by atoms with Crippen molar-refractivity contribution in [2.45, 2.75) is 26.3 Å². The molecule has 1 aliphatic rings. The average Bonchev–Trinajstić information content (AvgIpc) is 2.46. The minimum Gasteiger partial charge on any atom is -0.398 e. The Balaban J connectivity index is 2.41. The lowest BCUT2D eigenvalue weighted by Crippen LogP contribution is -2.28. The molecule has 3 nitrogen and oxygen atoms in total. The van der Waals surface area contributed by atoms with E-state index >= 15 is 0 Å². The van der Waals surface area contributed by atoms with Gasteiger partial charge in [-0.15, -0.1) is 0 Å². The standard InChI is InChI=1S/C12H15ClN2O/c1-8(16)15-6-2-3-9-4-5-11(14)12(13)10(9)7-15/h4-5H,2-3,6-7,14H2,1H3. The van der Waals surface area contributed by atoms with E-state index in [1.54, 1.807) is 6.92 Å². The van der Waals surface area contributed by atoms with Crippen molar-refractivity contribution < 1.29 is 4.79 Å². The first-order valence-corrected chi connectivity index (χ1v) is 5.78. The van der Waals surface area contributed by atoms with E-state index in [2.05, 4.69) is 0 Å². The second-order valence-electron chi connectivity index (χ2n) is 4.15. The van der Waals surface area contributed by atoms with Crippen molar-refractivity contribution in [2.24, 2.45) is 0 Å². The van der Waals surface area contributed by atoms with Crippen LogP contribution in [0, 0.1) is 0 Å². The molecule has 2 rings (SSSR count). The van der Waals surface area contributed by atoms with Crippen LogP contribution in [-0.2, 0) is 17.8 Å². The molecule has 0 aromatic heterocycles. The predicted molar refractivity (Wildman–Crippen MR) is 65.3 cm³/mol. The molecular formula is C12H15ClN2O. The number of aryl methyl sites for hydroxylation is 1. The number of carbonyl (C=O) groups excluding carboxylic acids is 1. The average molecular weight is 239 g/mol. The summed E-state index contributed by atoms with van der Waals surface area (Å²) >= 11 is 6.19. The second-order valence-corrected chi connectivity index (χ2v) is 4.53. The van der Waals surface area contributed by atoms with Crippen molar-refractivity contribution >= 4 is 23.2 Å². The first-order chi connectivity index (χ1) is 7.59. The van der Waals surface area contributed by atoms with Gasteiger partial charge >= 0.3 is 0 Å². The van der Waals surface area contributed by atoms with Crippen LogP contribution >= 0.6 is 11.6 Å². The van der Waals surface area contributed by atoms with Crippen LogP contribution in [0.5, 0.6) is 0 Å². The number of rotatable bonds is 0. The summed E-state index contributed by atoms with van der Waals surface area (Å²) in [7, 11) is 0. The Morgan fingerprint density at radius 2 is 2.25 bits per heavy atom. The van der Waals surface area contributed by atoms with E-state index in [9.17, 15) is 4.79 Å². The third kappa shape index (κ3) is 2.00. The van der Waals surface area contributed by atoms with Gasteiger partial charge in [0, 0.05) is 20.0 Å². The Kier molecular flexibility index (Phi) is 3.06. The second kappa shape index (κ2) is 4.34. The van der Waals surface area contributed by atoms with Gasteiger partial charge in [-0.1, -0.05) is 17.7 Å². The number of nitrogens with two attached hydrogens (primary N) is 1. The normalized spacial score (nSPS) is 15.5. The molecule has 1 aliphatic heterocycles. The van der Waals surface area contributed by atoms with Gasteiger partial charge in [-0.25, -0.2) is 0 Å². The van der Waals surface area contributed by atoms with Gasteiger partial charge in [0.1, 0.15) is 0 Å². The molecule has 0 fully saturated rings. The Hall–Kier alpha value is -1.22. The fourth-order valence-corrected chi connectivity index (χ4v) is 2.33. The molecule has 86 valence electrons. The monoisotopic (exact) mass is 238 g/mol. The largest absolute Gasteiger partial charge is 0.398 e. The molecule has 16 heavy (non-hydrogen) atoms.